The van der Waals surface area contributed by atoms with Crippen LogP contribution in [0.15, 0.2) is 65.8 Å². The molecule has 1 heterocycles. The van der Waals surface area contributed by atoms with E-state index in [-0.39, 0.29) is 10.9 Å². The molecule has 0 N–H and O–H groups in total. The number of hydrogen-bond acceptors (Lipinski definition) is 3. The van der Waals surface area contributed by atoms with Gasteiger partial charge in [0, 0.05) is 11.3 Å². The van der Waals surface area contributed by atoms with Gasteiger partial charge in [-0.1, -0.05) is 71.9 Å². The zero-order chi connectivity index (χ0) is 17.9. The second kappa shape index (κ2) is 7.27. The Hall–Kier alpha value is -2.34. The third-order valence-corrected chi connectivity index (χ3v) is 4.47. The highest BCUT2D eigenvalue weighted by Crippen LogP contribution is 2.32. The molecular formula is C19H15F3N2S. The van der Waals surface area contributed by atoms with Crippen LogP contribution >= 0.6 is 11.8 Å². The molecule has 0 aliphatic rings. The van der Waals surface area contributed by atoms with Gasteiger partial charge in [-0.2, -0.15) is 13.2 Å². The van der Waals surface area contributed by atoms with E-state index in [1.807, 2.05) is 49.4 Å². The average molecular weight is 360 g/mol. The molecule has 3 rings (SSSR count). The molecular weight excluding hydrogens is 345 g/mol. The largest absolute Gasteiger partial charge is 0.433 e. The number of alkyl halides is 3. The van der Waals surface area contributed by atoms with Crippen molar-refractivity contribution in [2.24, 2.45) is 0 Å². The van der Waals surface area contributed by atoms with Crippen molar-refractivity contribution in [1.29, 1.82) is 0 Å². The zero-order valence-electron chi connectivity index (χ0n) is 13.4. The molecule has 2 aromatic carbocycles. The molecule has 25 heavy (non-hydrogen) atoms. The van der Waals surface area contributed by atoms with E-state index in [0.717, 1.165) is 17.2 Å². The first-order valence-electron chi connectivity index (χ1n) is 7.62. The number of aryl methyl sites for hydroxylation is 1. The van der Waals surface area contributed by atoms with Crippen molar-refractivity contribution < 1.29 is 13.2 Å². The van der Waals surface area contributed by atoms with Crippen LogP contribution in [0.1, 0.15) is 16.8 Å². The Bertz CT molecular complexity index is 847. The van der Waals surface area contributed by atoms with Crippen molar-refractivity contribution >= 4 is 11.8 Å². The number of halogens is 3. The van der Waals surface area contributed by atoms with E-state index in [1.54, 1.807) is 12.1 Å². The minimum absolute atomic E-state index is 0.120. The molecule has 0 fully saturated rings. The van der Waals surface area contributed by atoms with Gasteiger partial charge in [0.1, 0.15) is 5.69 Å². The van der Waals surface area contributed by atoms with Crippen LogP contribution in [-0.2, 0) is 11.9 Å². The van der Waals surface area contributed by atoms with Gasteiger partial charge in [-0.25, -0.2) is 9.97 Å². The lowest BCUT2D eigenvalue weighted by molar-refractivity contribution is -0.141. The molecule has 0 unspecified atom stereocenters. The Labute approximate surface area is 148 Å². The zero-order valence-corrected chi connectivity index (χ0v) is 14.2. The first kappa shape index (κ1) is 17.5. The molecule has 0 saturated heterocycles. The van der Waals surface area contributed by atoms with Gasteiger partial charge in [-0.3, -0.25) is 0 Å². The van der Waals surface area contributed by atoms with Gasteiger partial charge in [0.2, 0.25) is 0 Å². The van der Waals surface area contributed by atoms with Crippen LogP contribution in [0, 0.1) is 6.92 Å². The molecule has 2 nitrogen and oxygen atoms in total. The van der Waals surface area contributed by atoms with Crippen molar-refractivity contribution in [3.05, 3.63) is 77.5 Å². The minimum atomic E-state index is -4.51. The molecule has 6 heteroatoms. The molecule has 128 valence electrons. The Morgan fingerprint density at radius 1 is 0.920 bits per heavy atom. The number of benzene rings is 2. The van der Waals surface area contributed by atoms with Crippen molar-refractivity contribution in [1.82, 2.24) is 9.97 Å². The quantitative estimate of drug-likeness (QED) is 0.437. The van der Waals surface area contributed by atoms with E-state index in [2.05, 4.69) is 9.97 Å². The topological polar surface area (TPSA) is 25.8 Å². The number of aromatic nitrogens is 2. The van der Waals surface area contributed by atoms with Crippen LogP contribution in [0.5, 0.6) is 0 Å². The van der Waals surface area contributed by atoms with E-state index in [9.17, 15) is 13.2 Å². The minimum Gasteiger partial charge on any atom is -0.222 e. The highest BCUT2D eigenvalue weighted by molar-refractivity contribution is 7.98. The molecule has 0 aliphatic carbocycles. The van der Waals surface area contributed by atoms with E-state index in [1.165, 1.54) is 11.8 Å². The number of nitrogens with zero attached hydrogens (tertiary/aromatic N) is 2. The predicted molar refractivity (Wildman–Crippen MR) is 93.2 cm³/mol. The van der Waals surface area contributed by atoms with Crippen molar-refractivity contribution in [2.45, 2.75) is 24.0 Å². The molecule has 0 radical (unpaired) electrons. The smallest absolute Gasteiger partial charge is 0.222 e. The third-order valence-electron chi connectivity index (χ3n) is 3.55. The van der Waals surface area contributed by atoms with Gasteiger partial charge in [-0.15, -0.1) is 0 Å². The molecule has 0 spiro atoms. The fraction of sp³-hybridized carbons (Fsp3) is 0.158. The highest BCUT2D eigenvalue weighted by atomic mass is 32.2. The Kier molecular flexibility index (Phi) is 5.08. The number of thioether (sulfide) groups is 1. The van der Waals surface area contributed by atoms with E-state index >= 15 is 0 Å². The average Bonchev–Trinajstić information content (AvgIpc) is 2.60. The number of rotatable bonds is 4. The second-order valence-corrected chi connectivity index (χ2v) is 6.50. The van der Waals surface area contributed by atoms with Gasteiger partial charge in [0.25, 0.3) is 0 Å². The third kappa shape index (κ3) is 4.60. The summed E-state index contributed by atoms with van der Waals surface area (Å²) in [5.74, 6) is 0.509. The Morgan fingerprint density at radius 2 is 1.60 bits per heavy atom. The molecule has 0 aliphatic heterocycles. The summed E-state index contributed by atoms with van der Waals surface area (Å²) in [6.07, 6.45) is -4.51. The van der Waals surface area contributed by atoms with Gasteiger partial charge in [0.15, 0.2) is 5.16 Å². The maximum Gasteiger partial charge on any atom is 0.433 e. The number of hydrogen-bond donors (Lipinski definition) is 0. The molecule has 0 atom stereocenters. The molecule has 0 amide bonds. The first-order chi connectivity index (χ1) is 11.9. The molecule has 0 saturated carbocycles. The van der Waals surface area contributed by atoms with Crippen molar-refractivity contribution in [2.75, 3.05) is 0 Å². The Morgan fingerprint density at radius 3 is 2.24 bits per heavy atom. The normalized spacial score (nSPS) is 11.5. The summed E-state index contributed by atoms with van der Waals surface area (Å²) in [6, 6.07) is 17.7. The lowest BCUT2D eigenvalue weighted by Gasteiger charge is -2.10. The molecule has 3 aromatic rings. The summed E-state index contributed by atoms with van der Waals surface area (Å²) in [7, 11) is 0. The van der Waals surface area contributed by atoms with Crippen LogP contribution < -0.4 is 0 Å². The van der Waals surface area contributed by atoms with Gasteiger partial charge in [-0.05, 0) is 18.6 Å². The summed E-state index contributed by atoms with van der Waals surface area (Å²) in [5, 5.41) is 0.120. The summed E-state index contributed by atoms with van der Waals surface area (Å²) in [4.78, 5) is 8.00. The van der Waals surface area contributed by atoms with Crippen LogP contribution in [-0.4, -0.2) is 9.97 Å². The lowest BCUT2D eigenvalue weighted by Crippen LogP contribution is -2.10. The summed E-state index contributed by atoms with van der Waals surface area (Å²) in [5.41, 5.74) is 2.03. The van der Waals surface area contributed by atoms with Crippen LogP contribution in [0.4, 0.5) is 13.2 Å². The molecule has 0 bridgehead atoms. The summed E-state index contributed by atoms with van der Waals surface area (Å²) in [6.45, 7) is 1.92. The lowest BCUT2D eigenvalue weighted by atomic mass is 10.1. The molecule has 1 aromatic heterocycles. The monoisotopic (exact) mass is 360 g/mol. The standard InChI is InChI=1S/C19H15F3N2S/c1-13-7-9-15(10-8-13)16-11-17(19(20,21)22)24-18(23-16)25-12-14-5-3-2-4-6-14/h2-11H,12H2,1H3. The highest BCUT2D eigenvalue weighted by Gasteiger charge is 2.33. The van der Waals surface area contributed by atoms with E-state index < -0.39 is 11.9 Å². The fourth-order valence-corrected chi connectivity index (χ4v) is 3.04. The maximum atomic E-state index is 13.2. The van der Waals surface area contributed by atoms with Crippen molar-refractivity contribution in [3.8, 4) is 11.3 Å². The SMILES string of the molecule is Cc1ccc(-c2cc(C(F)(F)F)nc(SCc3ccccc3)n2)cc1. The second-order valence-electron chi connectivity index (χ2n) is 5.56. The predicted octanol–water partition coefficient (Wildman–Crippen LogP) is 5.76. The summed E-state index contributed by atoms with van der Waals surface area (Å²) >= 11 is 1.19. The Balaban J connectivity index is 1.94. The van der Waals surface area contributed by atoms with Gasteiger partial charge < -0.3 is 0 Å². The van der Waals surface area contributed by atoms with Crippen molar-refractivity contribution in [3.63, 3.8) is 0 Å². The maximum absolute atomic E-state index is 13.2. The van der Waals surface area contributed by atoms with E-state index in [0.29, 0.717) is 11.3 Å². The fourth-order valence-electron chi connectivity index (χ4n) is 2.23. The van der Waals surface area contributed by atoms with E-state index in [4.69, 9.17) is 0 Å². The van der Waals surface area contributed by atoms with Crippen LogP contribution in [0.25, 0.3) is 11.3 Å². The van der Waals surface area contributed by atoms with Gasteiger partial charge >= 0.3 is 6.18 Å². The first-order valence-corrected chi connectivity index (χ1v) is 8.60. The van der Waals surface area contributed by atoms with Crippen LogP contribution in [0.3, 0.4) is 0 Å². The van der Waals surface area contributed by atoms with Gasteiger partial charge in [0.05, 0.1) is 5.69 Å². The van der Waals surface area contributed by atoms with Crippen LogP contribution in [0.2, 0.25) is 0 Å². The summed E-state index contributed by atoms with van der Waals surface area (Å²) < 4.78 is 39.6.